The van der Waals surface area contributed by atoms with E-state index in [4.69, 9.17) is 15.5 Å². The van der Waals surface area contributed by atoms with Gasteiger partial charge in [0.25, 0.3) is 0 Å². The molecule has 0 saturated heterocycles. The Morgan fingerprint density at radius 1 is 0.661 bits per heavy atom. The summed E-state index contributed by atoms with van der Waals surface area (Å²) in [6.45, 7) is 10.1. The molecule has 7 aromatic carbocycles. The molecule has 2 aromatic heterocycles. The molecule has 5 heteroatoms. The first-order chi connectivity index (χ1) is 30.9. The van der Waals surface area contributed by atoms with Crippen LogP contribution in [0.4, 0.5) is 0 Å². The van der Waals surface area contributed by atoms with Gasteiger partial charge < -0.3 is 5.11 Å². The fourth-order valence-corrected chi connectivity index (χ4v) is 8.09. The van der Waals surface area contributed by atoms with Crippen molar-refractivity contribution in [3.05, 3.63) is 192 Å². The molecule has 9 rings (SSSR count). The largest absolute Gasteiger partial charge is 0.507 e. The molecule has 0 atom stereocenters. The number of fused-ring (bicyclic) bond motifs is 1. The Labute approximate surface area is 385 Å². The predicted octanol–water partition coefficient (Wildman–Crippen LogP) is 15.0. The van der Waals surface area contributed by atoms with Gasteiger partial charge in [-0.1, -0.05) is 172 Å². The van der Waals surface area contributed by atoms with Crippen molar-refractivity contribution in [2.45, 2.75) is 59.7 Å². The average Bonchev–Trinajstić information content (AvgIpc) is 3.68. The molecule has 2 heterocycles. The van der Waals surface area contributed by atoms with Gasteiger partial charge in [-0.3, -0.25) is 9.55 Å². The Kier molecular flexibility index (Phi) is 10.4. The average molecular weight is 992 g/mol. The summed E-state index contributed by atoms with van der Waals surface area (Å²) >= 11 is 0. The van der Waals surface area contributed by atoms with Crippen molar-refractivity contribution < 1.29 is 31.7 Å². The maximum Gasteiger partial charge on any atom is 0.148 e. The smallest absolute Gasteiger partial charge is 0.148 e. The van der Waals surface area contributed by atoms with Crippen molar-refractivity contribution in [2.24, 2.45) is 0 Å². The van der Waals surface area contributed by atoms with Crippen LogP contribution in [0.3, 0.4) is 0 Å². The Bertz CT molecular complexity index is 3220. The molecule has 4 nitrogen and oxygen atoms in total. The number of aromatic nitrogens is 3. The van der Waals surface area contributed by atoms with E-state index >= 15 is 0 Å². The molecular formula is C57H50N3OPt-. The summed E-state index contributed by atoms with van der Waals surface area (Å²) in [5.74, 6) is -0.0886. The quantitative estimate of drug-likeness (QED) is 0.154. The molecule has 0 aliphatic heterocycles. The number of aromatic hydroxyl groups is 1. The zero-order valence-corrected chi connectivity index (χ0v) is 38.0. The molecule has 0 unspecified atom stereocenters. The zero-order valence-electron chi connectivity index (χ0n) is 39.7. The number of rotatable bonds is 8. The summed E-state index contributed by atoms with van der Waals surface area (Å²) in [6, 6.07) is 56.0. The first kappa shape index (κ1) is 37.4. The Balaban J connectivity index is 0.00000592. The van der Waals surface area contributed by atoms with Crippen LogP contribution in [0.1, 0.15) is 68.2 Å². The number of phenolic OH excluding ortho intramolecular Hbond substituents is 1. The molecule has 310 valence electrons. The number of pyridine rings is 1. The van der Waals surface area contributed by atoms with Gasteiger partial charge in [-0.2, -0.15) is 0 Å². The molecule has 0 aliphatic carbocycles. The Morgan fingerprint density at radius 2 is 1.35 bits per heavy atom. The van der Waals surface area contributed by atoms with Crippen molar-refractivity contribution in [2.75, 3.05) is 0 Å². The van der Waals surface area contributed by atoms with Crippen molar-refractivity contribution in [3.8, 4) is 78.6 Å². The van der Waals surface area contributed by atoms with E-state index in [9.17, 15) is 5.11 Å². The van der Waals surface area contributed by atoms with Crippen LogP contribution in [-0.4, -0.2) is 19.6 Å². The second kappa shape index (κ2) is 17.2. The third kappa shape index (κ3) is 8.20. The van der Waals surface area contributed by atoms with Gasteiger partial charge in [0, 0.05) is 44.0 Å². The third-order valence-electron chi connectivity index (χ3n) is 11.5. The summed E-state index contributed by atoms with van der Waals surface area (Å²) < 4.78 is 34.7. The molecule has 0 bridgehead atoms. The second-order valence-corrected chi connectivity index (χ2v) is 17.1. The van der Waals surface area contributed by atoms with Gasteiger partial charge in [-0.05, 0) is 94.4 Å². The predicted molar refractivity (Wildman–Crippen MR) is 254 cm³/mol. The van der Waals surface area contributed by atoms with Gasteiger partial charge in [-0.15, -0.1) is 23.8 Å². The van der Waals surface area contributed by atoms with Crippen LogP contribution in [0.5, 0.6) is 5.75 Å². The van der Waals surface area contributed by atoms with E-state index in [-0.39, 0.29) is 32.2 Å². The van der Waals surface area contributed by atoms with E-state index in [0.717, 1.165) is 83.5 Å². The van der Waals surface area contributed by atoms with E-state index in [1.165, 1.54) is 0 Å². The van der Waals surface area contributed by atoms with Gasteiger partial charge in [0.15, 0.2) is 0 Å². The minimum atomic E-state index is -2.19. The number of phenols is 1. The van der Waals surface area contributed by atoms with Gasteiger partial charge in [-0.25, -0.2) is 4.98 Å². The minimum Gasteiger partial charge on any atom is -0.507 e. The van der Waals surface area contributed by atoms with E-state index in [0.29, 0.717) is 22.6 Å². The van der Waals surface area contributed by atoms with Crippen LogP contribution in [-0.2, 0) is 26.5 Å². The molecule has 1 N–H and O–H groups in total. The standard InChI is InChI=1S/C57H50N3O.Pt/c1-36(2)42-25-26-52(49(33-42)41-17-12-9-13-18-41)60-53-20-14-19-48(54(53)59-56(60)50-35-47(57(5,6)7)29-38(4)55(50)61)45-30-44(39-15-10-8-11-16-39)31-46(32-45)51-34-43(27-28-58-51)40-23-21-37(3)22-24-40;/h8-31,33-36,61H,1-7H3;/q-1;/i3D3,36D;. The fourth-order valence-electron chi connectivity index (χ4n) is 8.09. The number of hydrogen-bond donors (Lipinski definition) is 1. The minimum absolute atomic E-state index is 0. The molecule has 9 aromatic rings. The number of para-hydroxylation sites is 1. The number of aryl methyl sites for hydroxylation is 2. The maximum absolute atomic E-state index is 12.0. The van der Waals surface area contributed by atoms with Gasteiger partial charge >= 0.3 is 0 Å². The molecule has 62 heavy (non-hydrogen) atoms. The Morgan fingerprint density at radius 3 is 2.05 bits per heavy atom. The van der Waals surface area contributed by atoms with Crippen molar-refractivity contribution in [3.63, 3.8) is 0 Å². The first-order valence-corrected chi connectivity index (χ1v) is 20.7. The van der Waals surface area contributed by atoms with Crippen LogP contribution in [0.15, 0.2) is 164 Å². The maximum atomic E-state index is 12.0. The summed E-state index contributed by atoms with van der Waals surface area (Å²) in [6.07, 6.45) is 1.78. The van der Waals surface area contributed by atoms with E-state index in [2.05, 4.69) is 104 Å². The van der Waals surface area contributed by atoms with Crippen LogP contribution in [0.25, 0.3) is 83.9 Å². The zero-order chi connectivity index (χ0) is 45.8. The van der Waals surface area contributed by atoms with Gasteiger partial charge in [0.1, 0.15) is 11.6 Å². The van der Waals surface area contributed by atoms with Crippen molar-refractivity contribution >= 4 is 11.0 Å². The summed E-state index contributed by atoms with van der Waals surface area (Å²) in [5, 5.41) is 12.0. The molecule has 0 aliphatic rings. The molecule has 0 amide bonds. The van der Waals surface area contributed by atoms with E-state index in [1.807, 2.05) is 93.6 Å². The van der Waals surface area contributed by atoms with E-state index in [1.54, 1.807) is 18.3 Å². The number of imidazole rings is 1. The monoisotopic (exact) mass is 991 g/mol. The van der Waals surface area contributed by atoms with Gasteiger partial charge in [0.05, 0.1) is 22.3 Å². The summed E-state index contributed by atoms with van der Waals surface area (Å²) in [7, 11) is 0. The van der Waals surface area contributed by atoms with E-state index < -0.39 is 12.7 Å². The summed E-state index contributed by atoms with van der Waals surface area (Å²) in [5.41, 5.74) is 14.8. The SMILES string of the molecule is [2H]C([2H])([2H])c1ccc(-c2ccnc(-c3[c-]c(-c4cccc5c4nc(-c4cc(C(C)(C)C)cc(C)c4O)n5-c4ccc(C([2H])(C)C)cc4-c4ccccc4)cc(-c4ccccc4)c3)c2)cc1.[Pt]. The molecule has 0 saturated carbocycles. The van der Waals surface area contributed by atoms with Crippen molar-refractivity contribution in [1.29, 1.82) is 0 Å². The molecular weight excluding hydrogens is 938 g/mol. The molecule has 0 fully saturated rings. The third-order valence-corrected chi connectivity index (χ3v) is 11.5. The van der Waals surface area contributed by atoms with Crippen molar-refractivity contribution in [1.82, 2.24) is 14.5 Å². The number of nitrogens with zero attached hydrogens (tertiary/aromatic N) is 3. The number of hydrogen-bond acceptors (Lipinski definition) is 3. The van der Waals surface area contributed by atoms with Crippen LogP contribution < -0.4 is 0 Å². The number of benzene rings is 7. The van der Waals surface area contributed by atoms with Crippen LogP contribution >= 0.6 is 0 Å². The topological polar surface area (TPSA) is 50.9 Å². The summed E-state index contributed by atoms with van der Waals surface area (Å²) in [4.78, 5) is 10.4. The normalized spacial score (nSPS) is 12.9. The molecule has 0 radical (unpaired) electrons. The Hall–Kier alpha value is -6.35. The second-order valence-electron chi connectivity index (χ2n) is 17.1. The first-order valence-electron chi connectivity index (χ1n) is 22.7. The van der Waals surface area contributed by atoms with Gasteiger partial charge in [0.2, 0.25) is 0 Å². The molecule has 0 spiro atoms. The van der Waals surface area contributed by atoms with Crippen LogP contribution in [0, 0.1) is 19.8 Å². The van der Waals surface area contributed by atoms with Crippen LogP contribution in [0.2, 0.25) is 0 Å². The fraction of sp³-hybridized carbons (Fsp3) is 0.158.